The van der Waals surface area contributed by atoms with Gasteiger partial charge in [0.15, 0.2) is 0 Å². The molecular weight excluding hydrogens is 272 g/mol. The Balaban J connectivity index is 1.75. The van der Waals surface area contributed by atoms with Gasteiger partial charge in [-0.25, -0.2) is 15.0 Å². The van der Waals surface area contributed by atoms with E-state index < -0.39 is 0 Å². The van der Waals surface area contributed by atoms with Gasteiger partial charge in [-0.15, -0.1) is 0 Å². The summed E-state index contributed by atoms with van der Waals surface area (Å²) in [6.45, 7) is 6.57. The molecular formula is C15H17ClN4. The van der Waals surface area contributed by atoms with Crippen molar-refractivity contribution in [3.63, 3.8) is 0 Å². The number of hydrogen-bond donors (Lipinski definition) is 0. The van der Waals surface area contributed by atoms with Crippen molar-refractivity contribution in [1.82, 2.24) is 19.9 Å². The van der Waals surface area contributed by atoms with Gasteiger partial charge in [-0.1, -0.05) is 17.7 Å². The third kappa shape index (κ3) is 2.81. The Morgan fingerprint density at radius 3 is 2.90 bits per heavy atom. The van der Waals surface area contributed by atoms with Gasteiger partial charge >= 0.3 is 0 Å². The largest absolute Gasteiger partial charge is 0.294 e. The molecule has 1 aliphatic heterocycles. The molecule has 3 heterocycles. The van der Waals surface area contributed by atoms with Crippen molar-refractivity contribution in [2.45, 2.75) is 33.4 Å². The summed E-state index contributed by atoms with van der Waals surface area (Å²) >= 11 is 6.21. The monoisotopic (exact) mass is 288 g/mol. The minimum absolute atomic E-state index is 0.607. The van der Waals surface area contributed by atoms with Crippen LogP contribution in [0.5, 0.6) is 0 Å². The summed E-state index contributed by atoms with van der Waals surface area (Å²) in [5.74, 6) is 0.850. The zero-order valence-corrected chi connectivity index (χ0v) is 12.5. The number of nitrogens with zero attached hydrogens (tertiary/aromatic N) is 4. The van der Waals surface area contributed by atoms with Crippen LogP contribution in [0.1, 0.15) is 28.3 Å². The molecule has 5 heteroatoms. The summed E-state index contributed by atoms with van der Waals surface area (Å²) < 4.78 is 0. The Hall–Kier alpha value is -1.52. The van der Waals surface area contributed by atoms with E-state index in [1.165, 1.54) is 11.3 Å². The fourth-order valence-electron chi connectivity index (χ4n) is 2.52. The van der Waals surface area contributed by atoms with E-state index in [1.807, 2.05) is 26.1 Å². The van der Waals surface area contributed by atoms with E-state index in [4.69, 9.17) is 11.6 Å². The van der Waals surface area contributed by atoms with Crippen molar-refractivity contribution in [2.75, 3.05) is 6.54 Å². The summed E-state index contributed by atoms with van der Waals surface area (Å²) in [5.41, 5.74) is 4.43. The molecule has 0 aromatic carbocycles. The summed E-state index contributed by atoms with van der Waals surface area (Å²) in [4.78, 5) is 15.5. The Labute approximate surface area is 123 Å². The zero-order chi connectivity index (χ0) is 14.1. The first-order valence-corrected chi connectivity index (χ1v) is 7.15. The Morgan fingerprint density at radius 2 is 2.10 bits per heavy atom. The third-order valence-corrected chi connectivity index (χ3v) is 3.92. The van der Waals surface area contributed by atoms with Gasteiger partial charge < -0.3 is 0 Å². The van der Waals surface area contributed by atoms with Crippen LogP contribution in [0.3, 0.4) is 0 Å². The number of aromatic nitrogens is 3. The minimum atomic E-state index is 0.607. The van der Waals surface area contributed by atoms with E-state index >= 15 is 0 Å². The summed E-state index contributed by atoms with van der Waals surface area (Å²) in [6, 6.07) is 4.07. The third-order valence-electron chi connectivity index (χ3n) is 3.59. The van der Waals surface area contributed by atoms with E-state index in [2.05, 4.69) is 25.9 Å². The van der Waals surface area contributed by atoms with Crippen molar-refractivity contribution >= 4 is 11.6 Å². The molecule has 0 radical (unpaired) electrons. The van der Waals surface area contributed by atoms with Crippen molar-refractivity contribution in [3.05, 3.63) is 51.8 Å². The van der Waals surface area contributed by atoms with Crippen LogP contribution in [0, 0.1) is 13.8 Å². The van der Waals surface area contributed by atoms with Crippen LogP contribution in [-0.2, 0) is 19.5 Å². The molecule has 0 aliphatic carbocycles. The fraction of sp³-hybridized carbons (Fsp3) is 0.400. The van der Waals surface area contributed by atoms with Gasteiger partial charge in [-0.3, -0.25) is 4.90 Å². The van der Waals surface area contributed by atoms with Gasteiger partial charge in [0.2, 0.25) is 0 Å². The molecule has 2 aromatic rings. The molecule has 20 heavy (non-hydrogen) atoms. The van der Waals surface area contributed by atoms with Crippen LogP contribution in [0.15, 0.2) is 18.3 Å². The quantitative estimate of drug-likeness (QED) is 0.797. The van der Waals surface area contributed by atoms with Gasteiger partial charge in [0, 0.05) is 54.8 Å². The second-order valence-corrected chi connectivity index (χ2v) is 5.61. The highest BCUT2D eigenvalue weighted by molar-refractivity contribution is 6.30. The highest BCUT2D eigenvalue weighted by Gasteiger charge is 2.18. The van der Waals surface area contributed by atoms with Crippen LogP contribution in [-0.4, -0.2) is 26.4 Å². The maximum atomic E-state index is 6.21. The maximum Gasteiger partial charge on any atom is 0.133 e. The molecule has 0 bridgehead atoms. The van der Waals surface area contributed by atoms with E-state index in [9.17, 15) is 0 Å². The van der Waals surface area contributed by atoms with Crippen molar-refractivity contribution in [2.24, 2.45) is 0 Å². The number of rotatable bonds is 2. The Kier molecular flexibility index (Phi) is 3.68. The average molecular weight is 289 g/mol. The van der Waals surface area contributed by atoms with E-state index in [0.29, 0.717) is 5.15 Å². The number of aryl methyl sites for hydroxylation is 2. The van der Waals surface area contributed by atoms with Gasteiger partial charge in [0.25, 0.3) is 0 Å². The number of fused-ring (bicyclic) bond motifs is 1. The lowest BCUT2D eigenvalue weighted by molar-refractivity contribution is 0.242. The molecule has 3 rings (SSSR count). The minimum Gasteiger partial charge on any atom is -0.294 e. The first-order valence-electron chi connectivity index (χ1n) is 6.77. The molecule has 104 valence electrons. The molecule has 0 saturated heterocycles. The highest BCUT2D eigenvalue weighted by atomic mass is 35.5. The lowest BCUT2D eigenvalue weighted by Crippen LogP contribution is -2.31. The predicted molar refractivity (Wildman–Crippen MR) is 78.6 cm³/mol. The maximum absolute atomic E-state index is 6.21. The Morgan fingerprint density at radius 1 is 1.25 bits per heavy atom. The molecule has 0 fully saturated rings. The molecule has 0 N–H and O–H groups in total. The lowest BCUT2D eigenvalue weighted by atomic mass is 10.1. The molecule has 2 aromatic heterocycles. The second-order valence-electron chi connectivity index (χ2n) is 5.25. The summed E-state index contributed by atoms with van der Waals surface area (Å²) in [7, 11) is 0. The van der Waals surface area contributed by atoms with Crippen molar-refractivity contribution in [3.8, 4) is 0 Å². The van der Waals surface area contributed by atoms with Gasteiger partial charge in [-0.05, 0) is 19.9 Å². The van der Waals surface area contributed by atoms with Gasteiger partial charge in [0.05, 0.1) is 0 Å². The van der Waals surface area contributed by atoms with Crippen LogP contribution in [0.25, 0.3) is 0 Å². The number of hydrogen-bond acceptors (Lipinski definition) is 4. The van der Waals surface area contributed by atoms with Gasteiger partial charge in [0.1, 0.15) is 11.0 Å². The van der Waals surface area contributed by atoms with Crippen LogP contribution >= 0.6 is 11.6 Å². The smallest absolute Gasteiger partial charge is 0.133 e. The van der Waals surface area contributed by atoms with Crippen LogP contribution in [0.4, 0.5) is 0 Å². The van der Waals surface area contributed by atoms with Crippen molar-refractivity contribution in [1.29, 1.82) is 0 Å². The number of halogens is 1. The lowest BCUT2D eigenvalue weighted by Gasteiger charge is -2.28. The molecule has 0 amide bonds. The van der Waals surface area contributed by atoms with E-state index in [0.717, 1.165) is 43.1 Å². The fourth-order valence-corrected chi connectivity index (χ4v) is 2.78. The molecule has 0 unspecified atom stereocenters. The summed E-state index contributed by atoms with van der Waals surface area (Å²) in [5, 5.41) is 0.607. The first kappa shape index (κ1) is 13.5. The molecule has 0 saturated carbocycles. The predicted octanol–water partition coefficient (Wildman–Crippen LogP) is 2.70. The molecule has 0 atom stereocenters. The van der Waals surface area contributed by atoms with E-state index in [-0.39, 0.29) is 0 Å². The average Bonchev–Trinajstić information content (AvgIpc) is 2.42. The second kappa shape index (κ2) is 5.46. The normalized spacial score (nSPS) is 15.2. The SMILES string of the molecule is Cc1ccc(CN2CCc3nc(C)ncc3C2)c(Cl)n1. The Bertz CT molecular complexity index is 642. The highest BCUT2D eigenvalue weighted by Crippen LogP contribution is 2.21. The molecule has 4 nitrogen and oxygen atoms in total. The zero-order valence-electron chi connectivity index (χ0n) is 11.7. The van der Waals surface area contributed by atoms with E-state index in [1.54, 1.807) is 0 Å². The summed E-state index contributed by atoms with van der Waals surface area (Å²) in [6.07, 6.45) is 2.91. The number of pyridine rings is 1. The standard InChI is InChI=1S/C15H17ClN4/c1-10-3-4-12(15(16)18-10)8-20-6-5-14-13(9-20)7-17-11(2)19-14/h3-4,7H,5-6,8-9H2,1-2H3. The molecule has 0 spiro atoms. The van der Waals surface area contributed by atoms with Crippen LogP contribution in [0.2, 0.25) is 5.15 Å². The van der Waals surface area contributed by atoms with Crippen molar-refractivity contribution < 1.29 is 0 Å². The first-order chi connectivity index (χ1) is 9.61. The molecule has 1 aliphatic rings. The topological polar surface area (TPSA) is 41.9 Å². The van der Waals surface area contributed by atoms with Crippen LogP contribution < -0.4 is 0 Å². The van der Waals surface area contributed by atoms with Gasteiger partial charge in [-0.2, -0.15) is 0 Å².